The van der Waals surface area contributed by atoms with Crippen molar-refractivity contribution in [2.24, 2.45) is 5.73 Å². The normalized spacial score (nSPS) is 12.4. The minimum atomic E-state index is -0.793. The van der Waals surface area contributed by atoms with Gasteiger partial charge in [-0.15, -0.1) is 0 Å². The van der Waals surface area contributed by atoms with E-state index in [1.165, 1.54) is 7.11 Å². The summed E-state index contributed by atoms with van der Waals surface area (Å²) in [6.07, 6.45) is 0. The molecule has 124 valence electrons. The number of benzene rings is 2. The Hall–Kier alpha value is -2.80. The first kappa shape index (κ1) is 16.1. The summed E-state index contributed by atoms with van der Waals surface area (Å²) in [6, 6.07) is 7.10. The van der Waals surface area contributed by atoms with Crippen molar-refractivity contribution >= 4 is 10.9 Å². The first-order chi connectivity index (χ1) is 11.4. The van der Waals surface area contributed by atoms with E-state index in [-0.39, 0.29) is 16.9 Å². The van der Waals surface area contributed by atoms with Gasteiger partial charge in [0, 0.05) is 6.07 Å². The van der Waals surface area contributed by atoms with Gasteiger partial charge in [-0.05, 0) is 31.2 Å². The Balaban J connectivity index is 2.45. The zero-order chi connectivity index (χ0) is 17.4. The van der Waals surface area contributed by atoms with Crippen molar-refractivity contribution < 1.29 is 13.5 Å². The number of halogens is 2. The zero-order valence-corrected chi connectivity index (χ0v) is 13.1. The highest BCUT2D eigenvalue weighted by Gasteiger charge is 2.18. The van der Waals surface area contributed by atoms with E-state index in [2.05, 4.69) is 4.98 Å². The molecule has 0 saturated heterocycles. The van der Waals surface area contributed by atoms with Crippen LogP contribution in [-0.2, 0) is 0 Å². The third-order valence-corrected chi connectivity index (χ3v) is 3.62. The van der Waals surface area contributed by atoms with Crippen LogP contribution < -0.4 is 16.0 Å². The Morgan fingerprint density at radius 3 is 2.46 bits per heavy atom. The Morgan fingerprint density at radius 1 is 1.21 bits per heavy atom. The van der Waals surface area contributed by atoms with Crippen molar-refractivity contribution in [2.75, 3.05) is 7.11 Å². The Bertz CT molecular complexity index is 963. The van der Waals surface area contributed by atoms with Gasteiger partial charge in [-0.3, -0.25) is 9.36 Å². The van der Waals surface area contributed by atoms with Gasteiger partial charge in [0.1, 0.15) is 28.7 Å². The van der Waals surface area contributed by atoms with E-state index in [0.29, 0.717) is 11.3 Å². The number of hydrogen-bond donors (Lipinski definition) is 1. The van der Waals surface area contributed by atoms with Crippen LogP contribution in [0.3, 0.4) is 0 Å². The Kier molecular flexibility index (Phi) is 4.02. The number of aromatic nitrogens is 2. The van der Waals surface area contributed by atoms with Crippen LogP contribution in [-0.4, -0.2) is 16.7 Å². The molecule has 0 saturated carbocycles. The number of nitrogens with two attached hydrogens (primary N) is 1. The summed E-state index contributed by atoms with van der Waals surface area (Å²) in [7, 11) is 1.47. The molecule has 3 aromatic rings. The molecule has 0 aliphatic heterocycles. The van der Waals surface area contributed by atoms with Gasteiger partial charge in [0.15, 0.2) is 0 Å². The lowest BCUT2D eigenvalue weighted by molar-refractivity contribution is 0.418. The van der Waals surface area contributed by atoms with Crippen molar-refractivity contribution in [3.05, 3.63) is 64.2 Å². The van der Waals surface area contributed by atoms with E-state index in [1.54, 1.807) is 25.1 Å². The second kappa shape index (κ2) is 6.01. The standard InChI is InChI=1S/C17H15F2N3O2/c1-9(20)16-21-15-13(4-3-5-14(15)24-2)17(23)22(16)12-7-10(18)6-11(19)8-12/h3-9H,20H2,1-2H3. The maximum Gasteiger partial charge on any atom is 0.266 e. The molecule has 7 heteroatoms. The maximum absolute atomic E-state index is 13.6. The number of hydrogen-bond acceptors (Lipinski definition) is 4. The van der Waals surface area contributed by atoms with E-state index >= 15 is 0 Å². The second-order valence-electron chi connectivity index (χ2n) is 5.38. The lowest BCUT2D eigenvalue weighted by atomic mass is 10.2. The quantitative estimate of drug-likeness (QED) is 0.801. The molecule has 0 fully saturated rings. The van der Waals surface area contributed by atoms with Crippen LogP contribution in [0.4, 0.5) is 8.78 Å². The van der Waals surface area contributed by atoms with E-state index in [9.17, 15) is 13.6 Å². The van der Waals surface area contributed by atoms with E-state index < -0.39 is 23.2 Å². The van der Waals surface area contributed by atoms with Gasteiger partial charge in [0.05, 0.1) is 24.2 Å². The van der Waals surface area contributed by atoms with Crippen LogP contribution in [0.1, 0.15) is 18.8 Å². The molecule has 0 spiro atoms. The topological polar surface area (TPSA) is 70.1 Å². The van der Waals surface area contributed by atoms with Crippen molar-refractivity contribution in [3.63, 3.8) is 0 Å². The summed E-state index contributed by atoms with van der Waals surface area (Å²) in [5, 5.41) is 0.267. The predicted molar refractivity (Wildman–Crippen MR) is 86.4 cm³/mol. The molecule has 0 aliphatic carbocycles. The van der Waals surface area contributed by atoms with Gasteiger partial charge in [0.2, 0.25) is 0 Å². The molecule has 0 radical (unpaired) electrons. The molecule has 1 atom stereocenters. The average Bonchev–Trinajstić information content (AvgIpc) is 2.53. The number of ether oxygens (including phenoxy) is 1. The average molecular weight is 331 g/mol. The van der Waals surface area contributed by atoms with Gasteiger partial charge in [-0.2, -0.15) is 0 Å². The van der Waals surface area contributed by atoms with Crippen LogP contribution in [0, 0.1) is 11.6 Å². The van der Waals surface area contributed by atoms with Crippen LogP contribution in [0.15, 0.2) is 41.2 Å². The summed E-state index contributed by atoms with van der Waals surface area (Å²) in [5.74, 6) is -0.984. The molecule has 0 amide bonds. The summed E-state index contributed by atoms with van der Waals surface area (Å²) in [6.45, 7) is 1.63. The smallest absolute Gasteiger partial charge is 0.266 e. The number of nitrogens with zero attached hydrogens (tertiary/aromatic N) is 2. The zero-order valence-electron chi connectivity index (χ0n) is 13.1. The fraction of sp³-hybridized carbons (Fsp3) is 0.176. The van der Waals surface area contributed by atoms with Crippen molar-refractivity contribution in [1.29, 1.82) is 0 Å². The highest BCUT2D eigenvalue weighted by atomic mass is 19.1. The highest BCUT2D eigenvalue weighted by molar-refractivity contribution is 5.84. The van der Waals surface area contributed by atoms with Gasteiger partial charge < -0.3 is 10.5 Å². The van der Waals surface area contributed by atoms with E-state index in [4.69, 9.17) is 10.5 Å². The minimum absolute atomic E-state index is 0.0296. The molecule has 1 unspecified atom stereocenters. The highest BCUT2D eigenvalue weighted by Crippen LogP contribution is 2.24. The van der Waals surface area contributed by atoms with Crippen molar-refractivity contribution in [1.82, 2.24) is 9.55 Å². The molecule has 0 aliphatic rings. The minimum Gasteiger partial charge on any atom is -0.494 e. The number of methoxy groups -OCH3 is 1. The molecular weight excluding hydrogens is 316 g/mol. The molecule has 1 heterocycles. The summed E-state index contributed by atoms with van der Waals surface area (Å²) in [5.41, 5.74) is 5.84. The summed E-state index contributed by atoms with van der Waals surface area (Å²) >= 11 is 0. The molecular formula is C17H15F2N3O2. The second-order valence-corrected chi connectivity index (χ2v) is 5.38. The predicted octanol–water partition coefficient (Wildman–Crippen LogP) is 2.69. The molecule has 2 aromatic carbocycles. The number of rotatable bonds is 3. The molecule has 5 nitrogen and oxygen atoms in total. The monoisotopic (exact) mass is 331 g/mol. The third kappa shape index (κ3) is 2.63. The first-order valence-electron chi connectivity index (χ1n) is 7.24. The Labute approximate surface area is 136 Å². The van der Waals surface area contributed by atoms with Gasteiger partial charge in [-0.1, -0.05) is 6.07 Å². The van der Waals surface area contributed by atoms with Gasteiger partial charge >= 0.3 is 0 Å². The fourth-order valence-corrected chi connectivity index (χ4v) is 2.59. The summed E-state index contributed by atoms with van der Waals surface area (Å²) in [4.78, 5) is 17.3. The molecule has 2 N–H and O–H groups in total. The van der Waals surface area contributed by atoms with Crippen LogP contribution >= 0.6 is 0 Å². The SMILES string of the molecule is COc1cccc2c(=O)n(-c3cc(F)cc(F)c3)c(C(C)N)nc12. The number of para-hydroxylation sites is 1. The van der Waals surface area contributed by atoms with E-state index in [0.717, 1.165) is 22.8 Å². The lowest BCUT2D eigenvalue weighted by Crippen LogP contribution is -2.27. The van der Waals surface area contributed by atoms with Crippen LogP contribution in [0.2, 0.25) is 0 Å². The fourth-order valence-electron chi connectivity index (χ4n) is 2.59. The molecule has 24 heavy (non-hydrogen) atoms. The molecule has 3 rings (SSSR count). The van der Waals surface area contributed by atoms with Gasteiger partial charge in [0.25, 0.3) is 5.56 Å². The molecule has 1 aromatic heterocycles. The van der Waals surface area contributed by atoms with Gasteiger partial charge in [-0.25, -0.2) is 13.8 Å². The van der Waals surface area contributed by atoms with Crippen LogP contribution in [0.25, 0.3) is 16.6 Å². The lowest BCUT2D eigenvalue weighted by Gasteiger charge is -2.17. The molecule has 0 bridgehead atoms. The van der Waals surface area contributed by atoms with Crippen LogP contribution in [0.5, 0.6) is 5.75 Å². The number of fused-ring (bicyclic) bond motifs is 1. The third-order valence-electron chi connectivity index (χ3n) is 3.62. The largest absolute Gasteiger partial charge is 0.494 e. The maximum atomic E-state index is 13.6. The first-order valence-corrected chi connectivity index (χ1v) is 7.24. The van der Waals surface area contributed by atoms with Crippen molar-refractivity contribution in [2.45, 2.75) is 13.0 Å². The Morgan fingerprint density at radius 2 is 1.88 bits per heavy atom. The summed E-state index contributed by atoms with van der Waals surface area (Å²) < 4.78 is 33.5. The van der Waals surface area contributed by atoms with Crippen molar-refractivity contribution in [3.8, 4) is 11.4 Å². The van der Waals surface area contributed by atoms with E-state index in [1.807, 2.05) is 0 Å².